The summed E-state index contributed by atoms with van der Waals surface area (Å²) in [7, 11) is 2.09. The molecule has 0 aliphatic heterocycles. The summed E-state index contributed by atoms with van der Waals surface area (Å²) in [6, 6.07) is 16.6. The van der Waals surface area contributed by atoms with Crippen LogP contribution in [0.5, 0.6) is 0 Å². The maximum atomic E-state index is 5.75. The van der Waals surface area contributed by atoms with E-state index in [2.05, 4.69) is 60.3 Å². The Hall–Kier alpha value is -2.20. The normalized spacial score (nSPS) is 12.3. The Morgan fingerprint density at radius 2 is 1.61 bits per heavy atom. The Kier molecular flexibility index (Phi) is 4.44. The maximum absolute atomic E-state index is 5.75. The van der Waals surface area contributed by atoms with E-state index < -0.39 is 0 Å². The topological polar surface area (TPSA) is 25.1 Å². The molecule has 1 N–H and O–H groups in total. The molecule has 4 heteroatoms. The smallest absolute Gasteiger partial charge is 0.261 e. The number of aromatic nitrogens is 1. The van der Waals surface area contributed by atoms with E-state index in [0.29, 0.717) is 5.17 Å². The van der Waals surface area contributed by atoms with Crippen molar-refractivity contribution in [2.45, 2.75) is 26.4 Å². The summed E-state index contributed by atoms with van der Waals surface area (Å²) < 4.78 is 7.95. The molecule has 2 aromatic carbocycles. The van der Waals surface area contributed by atoms with Crippen molar-refractivity contribution in [2.75, 3.05) is 5.32 Å². The van der Waals surface area contributed by atoms with Crippen LogP contribution < -0.4 is 9.88 Å². The van der Waals surface area contributed by atoms with Crippen molar-refractivity contribution in [2.24, 2.45) is 7.05 Å². The number of thiocarbonyl (C=S) groups is 1. The van der Waals surface area contributed by atoms with Crippen molar-refractivity contribution >= 4 is 44.9 Å². The van der Waals surface area contributed by atoms with Gasteiger partial charge in [-0.25, -0.2) is 0 Å². The quantitative estimate of drug-likeness (QED) is 0.441. The first-order valence-electron chi connectivity index (χ1n) is 7.89. The van der Waals surface area contributed by atoms with Crippen LogP contribution in [0.2, 0.25) is 0 Å². The molecular formula is C19H21N2OS+. The van der Waals surface area contributed by atoms with Gasteiger partial charge in [0.15, 0.2) is 0 Å². The Labute approximate surface area is 141 Å². The minimum absolute atomic E-state index is 0.104. The van der Waals surface area contributed by atoms with Gasteiger partial charge in [0.25, 0.3) is 5.17 Å². The van der Waals surface area contributed by atoms with E-state index in [-0.39, 0.29) is 6.10 Å². The number of nitrogens with one attached hydrogen (secondary N) is 1. The van der Waals surface area contributed by atoms with Crippen LogP contribution in [0, 0.1) is 0 Å². The highest BCUT2D eigenvalue weighted by molar-refractivity contribution is 7.80. The van der Waals surface area contributed by atoms with E-state index in [0.717, 1.165) is 33.9 Å². The van der Waals surface area contributed by atoms with E-state index in [1.165, 1.54) is 0 Å². The average molecular weight is 325 g/mol. The molecule has 0 amide bonds. The van der Waals surface area contributed by atoms with Gasteiger partial charge in [0.05, 0.1) is 22.6 Å². The lowest BCUT2D eigenvalue weighted by molar-refractivity contribution is -0.617. The molecule has 1 unspecified atom stereocenters. The number of anilines is 1. The summed E-state index contributed by atoms with van der Waals surface area (Å²) in [5.74, 6) is 0. The monoisotopic (exact) mass is 325 g/mol. The number of benzene rings is 2. The molecule has 0 spiro atoms. The summed E-state index contributed by atoms with van der Waals surface area (Å²) >= 11 is 5.40. The molecule has 1 heterocycles. The van der Waals surface area contributed by atoms with Gasteiger partial charge in [-0.15, -0.1) is 0 Å². The molecule has 0 saturated heterocycles. The first-order chi connectivity index (χ1) is 11.1. The van der Waals surface area contributed by atoms with Crippen molar-refractivity contribution in [3.05, 3.63) is 48.5 Å². The predicted octanol–water partition coefficient (Wildman–Crippen LogP) is 4.33. The number of pyridine rings is 1. The van der Waals surface area contributed by atoms with Gasteiger partial charge in [0, 0.05) is 12.1 Å². The standard InChI is InChI=1S/C19H20N2OS/c1-4-13(2)22-19(23)20-18-14-9-5-7-11-16(14)21(3)17-12-8-6-10-15(17)18/h5-13H,4H2,1-3H3/p+1. The van der Waals surface area contributed by atoms with Gasteiger partial charge in [0.1, 0.15) is 7.05 Å². The molecule has 1 atom stereocenters. The van der Waals surface area contributed by atoms with Crippen molar-refractivity contribution in [3.8, 4) is 0 Å². The molecule has 0 aliphatic carbocycles. The Bertz CT molecular complexity index is 819. The molecule has 23 heavy (non-hydrogen) atoms. The Morgan fingerprint density at radius 3 is 2.13 bits per heavy atom. The van der Waals surface area contributed by atoms with E-state index in [1.54, 1.807) is 0 Å². The van der Waals surface area contributed by atoms with Gasteiger partial charge in [-0.2, -0.15) is 4.57 Å². The number of rotatable bonds is 3. The summed E-state index contributed by atoms with van der Waals surface area (Å²) in [5, 5.41) is 5.99. The number of nitrogens with zero attached hydrogens (tertiary/aromatic N) is 1. The number of aryl methyl sites for hydroxylation is 1. The van der Waals surface area contributed by atoms with Crippen LogP contribution in [-0.2, 0) is 11.8 Å². The van der Waals surface area contributed by atoms with Gasteiger partial charge in [-0.1, -0.05) is 31.2 Å². The number of hydrogen-bond acceptors (Lipinski definition) is 2. The Balaban J connectivity index is 2.17. The fraction of sp³-hybridized carbons (Fsp3) is 0.263. The number of fused-ring (bicyclic) bond motifs is 2. The van der Waals surface area contributed by atoms with Gasteiger partial charge >= 0.3 is 0 Å². The molecule has 1 aromatic heterocycles. The molecule has 0 fully saturated rings. The van der Waals surface area contributed by atoms with Gasteiger partial charge < -0.3 is 10.1 Å². The fourth-order valence-corrected chi connectivity index (χ4v) is 3.03. The zero-order valence-corrected chi connectivity index (χ0v) is 14.5. The summed E-state index contributed by atoms with van der Waals surface area (Å²) in [6.07, 6.45) is 1.03. The Morgan fingerprint density at radius 1 is 1.09 bits per heavy atom. The molecule has 118 valence electrons. The SMILES string of the molecule is CCC(C)OC(=S)Nc1c2ccccc2[n+](C)c2ccccc12. The van der Waals surface area contributed by atoms with Crippen molar-refractivity contribution in [1.29, 1.82) is 0 Å². The number of hydrogen-bond donors (Lipinski definition) is 1. The highest BCUT2D eigenvalue weighted by atomic mass is 32.1. The van der Waals surface area contributed by atoms with Gasteiger partial charge in [-0.3, -0.25) is 0 Å². The largest absolute Gasteiger partial charge is 0.468 e. The summed E-state index contributed by atoms with van der Waals surface area (Å²) in [6.45, 7) is 4.11. The number of para-hydroxylation sites is 2. The van der Waals surface area contributed by atoms with Crippen LogP contribution in [0.1, 0.15) is 20.3 Å². The zero-order chi connectivity index (χ0) is 16.4. The average Bonchev–Trinajstić information content (AvgIpc) is 2.58. The molecule has 3 rings (SSSR count). The lowest BCUT2D eigenvalue weighted by Gasteiger charge is -2.16. The molecule has 3 nitrogen and oxygen atoms in total. The highest BCUT2D eigenvalue weighted by Gasteiger charge is 2.18. The van der Waals surface area contributed by atoms with Crippen LogP contribution in [-0.4, -0.2) is 11.3 Å². The van der Waals surface area contributed by atoms with Crippen molar-refractivity contribution in [3.63, 3.8) is 0 Å². The minimum atomic E-state index is 0.104. The van der Waals surface area contributed by atoms with Crippen LogP contribution in [0.25, 0.3) is 21.8 Å². The zero-order valence-electron chi connectivity index (χ0n) is 13.7. The lowest BCUT2D eigenvalue weighted by atomic mass is 10.1. The van der Waals surface area contributed by atoms with Crippen LogP contribution >= 0.6 is 12.2 Å². The van der Waals surface area contributed by atoms with Crippen LogP contribution in [0.3, 0.4) is 0 Å². The molecule has 0 radical (unpaired) electrons. The van der Waals surface area contributed by atoms with Gasteiger partial charge in [0.2, 0.25) is 11.0 Å². The highest BCUT2D eigenvalue weighted by Crippen LogP contribution is 2.29. The van der Waals surface area contributed by atoms with Gasteiger partial charge in [-0.05, 0) is 37.7 Å². The lowest BCUT2D eigenvalue weighted by Crippen LogP contribution is -2.31. The predicted molar refractivity (Wildman–Crippen MR) is 99.7 cm³/mol. The van der Waals surface area contributed by atoms with Crippen molar-refractivity contribution in [1.82, 2.24) is 0 Å². The molecular weight excluding hydrogens is 304 g/mol. The molecule has 3 aromatic rings. The minimum Gasteiger partial charge on any atom is -0.468 e. The van der Waals surface area contributed by atoms with Crippen LogP contribution in [0.4, 0.5) is 5.69 Å². The number of ether oxygens (including phenoxy) is 1. The first kappa shape index (κ1) is 15.7. The molecule has 0 saturated carbocycles. The molecule has 0 aliphatic rings. The second kappa shape index (κ2) is 6.50. The third-order valence-electron chi connectivity index (χ3n) is 4.18. The first-order valence-corrected chi connectivity index (χ1v) is 8.29. The third kappa shape index (κ3) is 2.99. The van der Waals surface area contributed by atoms with E-state index in [9.17, 15) is 0 Å². The van der Waals surface area contributed by atoms with Crippen LogP contribution in [0.15, 0.2) is 48.5 Å². The van der Waals surface area contributed by atoms with E-state index in [1.807, 2.05) is 19.1 Å². The third-order valence-corrected chi connectivity index (χ3v) is 4.38. The second-order valence-corrected chi connectivity index (χ2v) is 6.09. The molecule has 0 bridgehead atoms. The van der Waals surface area contributed by atoms with Crippen molar-refractivity contribution < 1.29 is 9.30 Å². The summed E-state index contributed by atoms with van der Waals surface area (Å²) in [4.78, 5) is 0. The maximum Gasteiger partial charge on any atom is 0.261 e. The van der Waals surface area contributed by atoms with E-state index >= 15 is 0 Å². The van der Waals surface area contributed by atoms with E-state index in [4.69, 9.17) is 17.0 Å². The second-order valence-electron chi connectivity index (χ2n) is 5.72. The summed E-state index contributed by atoms with van der Waals surface area (Å²) in [5.41, 5.74) is 3.31. The fourth-order valence-electron chi connectivity index (χ4n) is 2.76.